The average Bonchev–Trinajstić information content (AvgIpc) is 2.72. The van der Waals surface area contributed by atoms with E-state index in [0.717, 1.165) is 18.2 Å². The molecule has 12 heteroatoms. The molecule has 1 heterocycles. The SMILES string of the molecule is O=C(COc1ccc(Cl)c(F)c1)NCC[C@@H](O)CC(=O)NCc1ccc(C(F)(F)F)cn1. The zero-order valence-corrected chi connectivity index (χ0v) is 17.3. The van der Waals surface area contributed by atoms with Gasteiger partial charge in [-0.1, -0.05) is 11.6 Å². The van der Waals surface area contributed by atoms with E-state index in [4.69, 9.17) is 16.3 Å². The Hall–Kier alpha value is -2.92. The summed E-state index contributed by atoms with van der Waals surface area (Å²) in [5, 5.41) is 14.7. The van der Waals surface area contributed by atoms with E-state index in [2.05, 4.69) is 15.6 Å². The number of aliphatic hydroxyl groups is 1. The highest BCUT2D eigenvalue weighted by Gasteiger charge is 2.30. The molecular formula is C20H20ClF4N3O4. The van der Waals surface area contributed by atoms with Crippen LogP contribution in [-0.2, 0) is 22.3 Å². The first-order valence-electron chi connectivity index (χ1n) is 9.36. The van der Waals surface area contributed by atoms with Crippen molar-refractivity contribution in [2.75, 3.05) is 13.2 Å². The van der Waals surface area contributed by atoms with E-state index in [9.17, 15) is 32.3 Å². The molecule has 7 nitrogen and oxygen atoms in total. The second kappa shape index (κ2) is 11.6. The Morgan fingerprint density at radius 2 is 1.91 bits per heavy atom. The third-order valence-electron chi connectivity index (χ3n) is 4.10. The van der Waals surface area contributed by atoms with E-state index in [1.807, 2.05) is 0 Å². The lowest BCUT2D eigenvalue weighted by atomic mass is 10.1. The molecule has 0 radical (unpaired) electrons. The fourth-order valence-electron chi connectivity index (χ4n) is 2.42. The third kappa shape index (κ3) is 8.67. The van der Waals surface area contributed by atoms with Crippen LogP contribution in [0.3, 0.4) is 0 Å². The summed E-state index contributed by atoms with van der Waals surface area (Å²) in [5.41, 5.74) is -0.663. The number of pyridine rings is 1. The van der Waals surface area contributed by atoms with E-state index in [1.165, 1.54) is 12.1 Å². The van der Waals surface area contributed by atoms with Crippen LogP contribution in [-0.4, -0.2) is 41.2 Å². The van der Waals surface area contributed by atoms with Crippen LogP contribution in [0.4, 0.5) is 17.6 Å². The maximum atomic E-state index is 13.3. The maximum absolute atomic E-state index is 13.3. The Balaban J connectivity index is 1.62. The molecule has 2 rings (SSSR count). The quantitative estimate of drug-likeness (QED) is 0.457. The molecular weight excluding hydrogens is 458 g/mol. The van der Waals surface area contributed by atoms with Gasteiger partial charge in [-0.2, -0.15) is 13.2 Å². The van der Waals surface area contributed by atoms with Crippen LogP contribution in [0.25, 0.3) is 0 Å². The molecule has 32 heavy (non-hydrogen) atoms. The molecule has 0 unspecified atom stereocenters. The van der Waals surface area contributed by atoms with Crippen molar-refractivity contribution < 1.29 is 37.0 Å². The molecule has 174 valence electrons. The molecule has 2 aromatic rings. The second-order valence-corrected chi connectivity index (χ2v) is 7.08. The molecule has 0 saturated heterocycles. The van der Waals surface area contributed by atoms with Crippen LogP contribution in [0.2, 0.25) is 5.02 Å². The number of amides is 2. The molecule has 0 fully saturated rings. The molecule has 0 bridgehead atoms. The zero-order valence-electron chi connectivity index (χ0n) is 16.6. The molecule has 0 aliphatic heterocycles. The van der Waals surface area contributed by atoms with Crippen molar-refractivity contribution in [2.24, 2.45) is 0 Å². The highest BCUT2D eigenvalue weighted by molar-refractivity contribution is 6.30. The van der Waals surface area contributed by atoms with Gasteiger partial charge in [-0.3, -0.25) is 14.6 Å². The normalized spacial score (nSPS) is 12.2. The van der Waals surface area contributed by atoms with Gasteiger partial charge in [0, 0.05) is 18.8 Å². The monoisotopic (exact) mass is 477 g/mol. The molecule has 0 aliphatic carbocycles. The summed E-state index contributed by atoms with van der Waals surface area (Å²) in [4.78, 5) is 27.2. The highest BCUT2D eigenvalue weighted by atomic mass is 35.5. The van der Waals surface area contributed by atoms with Crippen molar-refractivity contribution in [3.63, 3.8) is 0 Å². The number of carbonyl (C=O) groups is 2. The van der Waals surface area contributed by atoms with E-state index in [-0.39, 0.29) is 49.0 Å². The van der Waals surface area contributed by atoms with Gasteiger partial charge >= 0.3 is 6.18 Å². The van der Waals surface area contributed by atoms with Gasteiger partial charge in [0.05, 0.1) is 35.3 Å². The average molecular weight is 478 g/mol. The lowest BCUT2D eigenvalue weighted by Gasteiger charge is -2.12. The number of nitrogens with zero attached hydrogens (tertiary/aromatic N) is 1. The fraction of sp³-hybridized carbons (Fsp3) is 0.350. The minimum absolute atomic E-state index is 0.0616. The van der Waals surface area contributed by atoms with E-state index < -0.39 is 35.5 Å². The van der Waals surface area contributed by atoms with Gasteiger partial charge in [0.25, 0.3) is 5.91 Å². The Labute approximate surface area is 185 Å². The van der Waals surface area contributed by atoms with Gasteiger partial charge in [-0.15, -0.1) is 0 Å². The lowest BCUT2D eigenvalue weighted by Crippen LogP contribution is -2.33. The summed E-state index contributed by atoms with van der Waals surface area (Å²) >= 11 is 5.55. The van der Waals surface area contributed by atoms with Crippen LogP contribution in [0.15, 0.2) is 36.5 Å². The van der Waals surface area contributed by atoms with Crippen LogP contribution in [0, 0.1) is 5.82 Å². The van der Waals surface area contributed by atoms with Crippen molar-refractivity contribution in [2.45, 2.75) is 31.7 Å². The van der Waals surface area contributed by atoms with Crippen LogP contribution in [0.5, 0.6) is 5.75 Å². The van der Waals surface area contributed by atoms with Gasteiger partial charge in [0.2, 0.25) is 5.91 Å². The van der Waals surface area contributed by atoms with Crippen LogP contribution in [0.1, 0.15) is 24.1 Å². The number of hydrogen-bond acceptors (Lipinski definition) is 5. The molecule has 0 aliphatic rings. The van der Waals surface area contributed by atoms with E-state index in [1.54, 1.807) is 0 Å². The minimum atomic E-state index is -4.49. The van der Waals surface area contributed by atoms with Gasteiger partial charge in [0.15, 0.2) is 6.61 Å². The summed E-state index contributed by atoms with van der Waals surface area (Å²) in [6.45, 7) is -0.410. The number of aliphatic hydroxyl groups excluding tert-OH is 1. The zero-order chi connectivity index (χ0) is 23.7. The number of carbonyl (C=O) groups excluding carboxylic acids is 2. The summed E-state index contributed by atoms with van der Waals surface area (Å²) in [5.74, 6) is -1.59. The number of nitrogens with one attached hydrogen (secondary N) is 2. The first kappa shape index (κ1) is 25.3. The molecule has 1 aromatic heterocycles. The van der Waals surface area contributed by atoms with Gasteiger partial charge in [-0.05, 0) is 30.7 Å². The standard InChI is InChI=1S/C20H20ClF4N3O4/c21-16-4-3-15(8-17(16)22)32-11-19(31)26-6-5-14(29)7-18(30)28-10-13-2-1-12(9-27-13)20(23,24)25/h1-4,8-9,14,29H,5-7,10-11H2,(H,26,31)(H,28,30)/t14-/m1/s1. The number of halogens is 5. The van der Waals surface area contributed by atoms with Crippen molar-refractivity contribution >= 4 is 23.4 Å². The van der Waals surface area contributed by atoms with E-state index in [0.29, 0.717) is 6.20 Å². The van der Waals surface area contributed by atoms with Gasteiger partial charge in [0.1, 0.15) is 11.6 Å². The molecule has 2 amide bonds. The maximum Gasteiger partial charge on any atom is 0.417 e. The molecule has 0 saturated carbocycles. The van der Waals surface area contributed by atoms with Gasteiger partial charge in [-0.25, -0.2) is 4.39 Å². The second-order valence-electron chi connectivity index (χ2n) is 6.67. The first-order valence-corrected chi connectivity index (χ1v) is 9.74. The predicted octanol–water partition coefficient (Wildman–Crippen LogP) is 2.85. The topological polar surface area (TPSA) is 101 Å². The third-order valence-corrected chi connectivity index (χ3v) is 4.41. The van der Waals surface area contributed by atoms with Crippen molar-refractivity contribution in [3.8, 4) is 5.75 Å². The smallest absolute Gasteiger partial charge is 0.417 e. The Morgan fingerprint density at radius 3 is 2.53 bits per heavy atom. The largest absolute Gasteiger partial charge is 0.484 e. The number of benzene rings is 1. The molecule has 3 N–H and O–H groups in total. The summed E-state index contributed by atoms with van der Waals surface area (Å²) in [6.07, 6.45) is -5.06. The lowest BCUT2D eigenvalue weighted by molar-refractivity contribution is -0.138. The number of hydrogen-bond donors (Lipinski definition) is 3. The van der Waals surface area contributed by atoms with E-state index >= 15 is 0 Å². The number of ether oxygens (including phenoxy) is 1. The highest BCUT2D eigenvalue weighted by Crippen LogP contribution is 2.28. The molecule has 1 atom stereocenters. The van der Waals surface area contributed by atoms with Crippen LogP contribution >= 0.6 is 11.6 Å². The predicted molar refractivity (Wildman–Crippen MR) is 106 cm³/mol. The fourth-order valence-corrected chi connectivity index (χ4v) is 2.54. The summed E-state index contributed by atoms with van der Waals surface area (Å²) < 4.78 is 55.9. The minimum Gasteiger partial charge on any atom is -0.484 e. The van der Waals surface area contributed by atoms with Crippen molar-refractivity contribution in [1.29, 1.82) is 0 Å². The number of rotatable bonds is 10. The number of alkyl halides is 3. The Bertz CT molecular complexity index is 926. The van der Waals surface area contributed by atoms with Gasteiger partial charge < -0.3 is 20.5 Å². The first-order chi connectivity index (χ1) is 15.0. The number of aromatic nitrogens is 1. The van der Waals surface area contributed by atoms with Crippen molar-refractivity contribution in [1.82, 2.24) is 15.6 Å². The van der Waals surface area contributed by atoms with Crippen LogP contribution < -0.4 is 15.4 Å². The molecule has 1 aromatic carbocycles. The molecule has 0 spiro atoms. The summed E-state index contributed by atoms with van der Waals surface area (Å²) in [6, 6.07) is 5.74. The Morgan fingerprint density at radius 1 is 1.16 bits per heavy atom. The summed E-state index contributed by atoms with van der Waals surface area (Å²) in [7, 11) is 0. The Kier molecular flexibility index (Phi) is 9.21. The van der Waals surface area contributed by atoms with Crippen molar-refractivity contribution in [3.05, 3.63) is 58.6 Å².